The van der Waals surface area contributed by atoms with Gasteiger partial charge in [0.25, 0.3) is 0 Å². The highest BCUT2D eigenvalue weighted by Gasteiger charge is 2.27. The smallest absolute Gasteiger partial charge is 0.122 e. The van der Waals surface area contributed by atoms with E-state index in [0.717, 1.165) is 43.7 Å². The Hall–Kier alpha value is -2.00. The predicted octanol–water partition coefficient (Wildman–Crippen LogP) is 4.10. The van der Waals surface area contributed by atoms with E-state index in [0.29, 0.717) is 11.8 Å². The Morgan fingerprint density at radius 2 is 1.88 bits per heavy atom. The molecule has 1 aliphatic carbocycles. The Labute approximate surface area is 150 Å². The van der Waals surface area contributed by atoms with Crippen LogP contribution in [0.15, 0.2) is 36.4 Å². The van der Waals surface area contributed by atoms with Gasteiger partial charge in [0.1, 0.15) is 11.5 Å². The molecule has 132 valence electrons. The summed E-state index contributed by atoms with van der Waals surface area (Å²) in [6.45, 7) is 1.95. The van der Waals surface area contributed by atoms with E-state index in [-0.39, 0.29) is 0 Å². The fourth-order valence-corrected chi connectivity index (χ4v) is 4.47. The molecule has 0 radical (unpaired) electrons. The molecule has 0 aromatic heterocycles. The van der Waals surface area contributed by atoms with Gasteiger partial charge < -0.3 is 9.84 Å². The van der Waals surface area contributed by atoms with Crippen LogP contribution in [0.5, 0.6) is 11.5 Å². The zero-order valence-corrected chi connectivity index (χ0v) is 15.0. The SMILES string of the molecule is COc1ccccc1C[C@@H]1CCCN1Cc1cc2c(cc1O)CCC2. The first-order chi connectivity index (χ1) is 12.2. The number of aryl methyl sites for hydroxylation is 2. The van der Waals surface area contributed by atoms with Crippen molar-refractivity contribution in [1.29, 1.82) is 0 Å². The van der Waals surface area contributed by atoms with Crippen LogP contribution in [0.2, 0.25) is 0 Å². The Morgan fingerprint density at radius 1 is 1.08 bits per heavy atom. The number of likely N-dealkylation sites (tertiary alicyclic amines) is 1. The molecule has 1 heterocycles. The average Bonchev–Trinajstić information content (AvgIpc) is 3.25. The van der Waals surface area contributed by atoms with Gasteiger partial charge >= 0.3 is 0 Å². The van der Waals surface area contributed by atoms with Crippen LogP contribution in [0.4, 0.5) is 0 Å². The van der Waals surface area contributed by atoms with Crippen molar-refractivity contribution in [2.75, 3.05) is 13.7 Å². The lowest BCUT2D eigenvalue weighted by Gasteiger charge is -2.26. The molecular weight excluding hydrogens is 310 g/mol. The Morgan fingerprint density at radius 3 is 2.72 bits per heavy atom. The molecule has 4 rings (SSSR count). The topological polar surface area (TPSA) is 32.7 Å². The molecule has 2 aromatic carbocycles. The molecule has 1 saturated heterocycles. The van der Waals surface area contributed by atoms with Gasteiger partial charge in [-0.25, -0.2) is 0 Å². The second kappa shape index (κ2) is 7.09. The van der Waals surface area contributed by atoms with E-state index in [1.54, 1.807) is 7.11 Å². The quantitative estimate of drug-likeness (QED) is 0.892. The maximum absolute atomic E-state index is 10.4. The van der Waals surface area contributed by atoms with Crippen molar-refractivity contribution in [3.8, 4) is 11.5 Å². The summed E-state index contributed by atoms with van der Waals surface area (Å²) in [7, 11) is 1.74. The standard InChI is InChI=1S/C22H27NO2/c1-25-22-10-3-2-6-18(22)13-20-9-5-11-23(20)15-19-12-16-7-4-8-17(16)14-21(19)24/h2-3,6,10,12,14,20,24H,4-5,7-9,11,13,15H2,1H3/t20-/m0/s1. The van der Waals surface area contributed by atoms with Crippen molar-refractivity contribution in [3.05, 3.63) is 58.7 Å². The van der Waals surface area contributed by atoms with E-state index in [1.807, 2.05) is 18.2 Å². The maximum atomic E-state index is 10.4. The maximum Gasteiger partial charge on any atom is 0.122 e. The third-order valence-electron chi connectivity index (χ3n) is 5.81. The van der Waals surface area contributed by atoms with Crippen LogP contribution in [-0.2, 0) is 25.8 Å². The van der Waals surface area contributed by atoms with Crippen molar-refractivity contribution in [2.24, 2.45) is 0 Å². The molecular formula is C22H27NO2. The highest BCUT2D eigenvalue weighted by molar-refractivity contribution is 5.44. The summed E-state index contributed by atoms with van der Waals surface area (Å²) in [5.74, 6) is 1.46. The van der Waals surface area contributed by atoms with Crippen molar-refractivity contribution < 1.29 is 9.84 Å². The highest BCUT2D eigenvalue weighted by atomic mass is 16.5. The summed E-state index contributed by atoms with van der Waals surface area (Å²) in [5, 5.41) is 10.4. The second-order valence-electron chi connectivity index (χ2n) is 7.39. The minimum Gasteiger partial charge on any atom is -0.508 e. The number of phenols is 1. The molecule has 0 saturated carbocycles. The number of phenolic OH excluding ortho intramolecular Hbond substituents is 1. The van der Waals surface area contributed by atoms with Crippen molar-refractivity contribution in [1.82, 2.24) is 4.90 Å². The number of aromatic hydroxyl groups is 1. The van der Waals surface area contributed by atoms with Gasteiger partial charge in [0.2, 0.25) is 0 Å². The van der Waals surface area contributed by atoms with Gasteiger partial charge in [-0.2, -0.15) is 0 Å². The van der Waals surface area contributed by atoms with E-state index in [9.17, 15) is 5.11 Å². The van der Waals surface area contributed by atoms with Crippen LogP contribution < -0.4 is 4.74 Å². The minimum atomic E-state index is 0.476. The summed E-state index contributed by atoms with van der Waals surface area (Å²) in [6, 6.07) is 13.1. The molecule has 0 bridgehead atoms. The summed E-state index contributed by atoms with van der Waals surface area (Å²) < 4.78 is 5.52. The number of hydrogen-bond donors (Lipinski definition) is 1. The van der Waals surface area contributed by atoms with E-state index in [2.05, 4.69) is 23.1 Å². The van der Waals surface area contributed by atoms with Crippen LogP contribution in [0.1, 0.15) is 41.5 Å². The van der Waals surface area contributed by atoms with Crippen LogP contribution in [0.25, 0.3) is 0 Å². The van der Waals surface area contributed by atoms with Gasteiger partial charge in [0.15, 0.2) is 0 Å². The zero-order valence-electron chi connectivity index (χ0n) is 15.0. The fourth-order valence-electron chi connectivity index (χ4n) is 4.47. The summed E-state index contributed by atoms with van der Waals surface area (Å²) in [6.07, 6.45) is 6.94. The Balaban J connectivity index is 1.50. The summed E-state index contributed by atoms with van der Waals surface area (Å²) in [4.78, 5) is 2.53. The molecule has 1 fully saturated rings. The first-order valence-corrected chi connectivity index (χ1v) is 9.44. The molecule has 3 heteroatoms. The molecule has 0 spiro atoms. The summed E-state index contributed by atoms with van der Waals surface area (Å²) in [5.41, 5.74) is 5.15. The first kappa shape index (κ1) is 16.5. The monoisotopic (exact) mass is 337 g/mol. The van der Waals surface area contributed by atoms with Crippen LogP contribution in [-0.4, -0.2) is 29.7 Å². The normalized spacial score (nSPS) is 20.0. The molecule has 0 unspecified atom stereocenters. The lowest BCUT2D eigenvalue weighted by atomic mass is 10.0. The fraction of sp³-hybridized carbons (Fsp3) is 0.455. The third kappa shape index (κ3) is 3.38. The molecule has 2 aromatic rings. The van der Waals surface area contributed by atoms with E-state index in [1.165, 1.54) is 36.0 Å². The summed E-state index contributed by atoms with van der Waals surface area (Å²) >= 11 is 0. The number of nitrogens with zero attached hydrogens (tertiary/aromatic N) is 1. The van der Waals surface area contributed by atoms with Gasteiger partial charge in [0.05, 0.1) is 7.11 Å². The number of hydrogen-bond acceptors (Lipinski definition) is 3. The van der Waals surface area contributed by atoms with Crippen LogP contribution in [0, 0.1) is 0 Å². The Kier molecular flexibility index (Phi) is 4.67. The number of benzene rings is 2. The molecule has 0 amide bonds. The van der Waals surface area contributed by atoms with E-state index >= 15 is 0 Å². The average molecular weight is 337 g/mol. The number of para-hydroxylation sites is 1. The molecule has 3 nitrogen and oxygen atoms in total. The predicted molar refractivity (Wildman–Crippen MR) is 100 cm³/mol. The van der Waals surface area contributed by atoms with Crippen molar-refractivity contribution >= 4 is 0 Å². The number of methoxy groups -OCH3 is 1. The second-order valence-corrected chi connectivity index (χ2v) is 7.39. The van der Waals surface area contributed by atoms with Gasteiger partial charge in [-0.1, -0.05) is 24.3 Å². The van der Waals surface area contributed by atoms with Gasteiger partial charge in [-0.05, 0) is 73.9 Å². The van der Waals surface area contributed by atoms with Crippen LogP contribution in [0.3, 0.4) is 0 Å². The minimum absolute atomic E-state index is 0.476. The molecule has 25 heavy (non-hydrogen) atoms. The first-order valence-electron chi connectivity index (χ1n) is 9.44. The number of fused-ring (bicyclic) bond motifs is 1. The number of rotatable bonds is 5. The highest BCUT2D eigenvalue weighted by Crippen LogP contribution is 2.32. The Bertz CT molecular complexity index is 756. The lowest BCUT2D eigenvalue weighted by molar-refractivity contribution is 0.239. The van der Waals surface area contributed by atoms with Gasteiger partial charge in [0, 0.05) is 18.2 Å². The van der Waals surface area contributed by atoms with Gasteiger partial charge in [-0.3, -0.25) is 4.90 Å². The van der Waals surface area contributed by atoms with Crippen molar-refractivity contribution in [2.45, 2.75) is 51.1 Å². The molecule has 1 aliphatic heterocycles. The third-order valence-corrected chi connectivity index (χ3v) is 5.81. The van der Waals surface area contributed by atoms with E-state index < -0.39 is 0 Å². The van der Waals surface area contributed by atoms with Gasteiger partial charge in [-0.15, -0.1) is 0 Å². The van der Waals surface area contributed by atoms with E-state index in [4.69, 9.17) is 4.74 Å². The number of ether oxygens (including phenoxy) is 1. The largest absolute Gasteiger partial charge is 0.508 e. The molecule has 1 atom stereocenters. The molecule has 2 aliphatic rings. The van der Waals surface area contributed by atoms with Crippen molar-refractivity contribution in [3.63, 3.8) is 0 Å². The van der Waals surface area contributed by atoms with Crippen LogP contribution >= 0.6 is 0 Å². The molecule has 1 N–H and O–H groups in total. The zero-order chi connectivity index (χ0) is 17.2. The lowest BCUT2D eigenvalue weighted by Crippen LogP contribution is -2.30.